The number of rotatable bonds is 7. The number of carbonyl (C=O) groups excluding carboxylic acids is 1. The summed E-state index contributed by atoms with van der Waals surface area (Å²) in [5.41, 5.74) is 1.85. The minimum Gasteiger partial charge on any atom is -0.497 e. The summed E-state index contributed by atoms with van der Waals surface area (Å²) in [4.78, 5) is 12.5. The first-order valence-electron chi connectivity index (χ1n) is 8.76. The number of nitrogens with zero attached hydrogens (tertiary/aromatic N) is 1. The molecule has 0 radical (unpaired) electrons. The topological polar surface area (TPSA) is 111 Å². The van der Waals surface area contributed by atoms with Crippen molar-refractivity contribution in [2.24, 2.45) is 0 Å². The molecule has 0 unspecified atom stereocenters. The summed E-state index contributed by atoms with van der Waals surface area (Å²) in [7, 11) is -2.35. The molecule has 0 spiro atoms. The third-order valence-electron chi connectivity index (χ3n) is 4.18. The average molecular weight is 415 g/mol. The molecule has 3 rings (SSSR count). The number of amides is 1. The van der Waals surface area contributed by atoms with Gasteiger partial charge >= 0.3 is 0 Å². The molecule has 0 saturated heterocycles. The highest BCUT2D eigenvalue weighted by molar-refractivity contribution is 7.92. The van der Waals surface area contributed by atoms with Crippen LogP contribution >= 0.6 is 0 Å². The van der Waals surface area contributed by atoms with Gasteiger partial charge in [0.05, 0.1) is 24.2 Å². The van der Waals surface area contributed by atoms with Crippen molar-refractivity contribution in [3.8, 4) is 5.75 Å². The Kier molecular flexibility index (Phi) is 5.88. The number of anilines is 1. The SMILES string of the molecule is COc1ccc(NS(=O)(=O)c2cc(C(=O)NCc3cc(C)no3)ccc2C)cc1. The Hall–Kier alpha value is -3.33. The first-order chi connectivity index (χ1) is 13.8. The van der Waals surface area contributed by atoms with E-state index in [0.717, 1.165) is 0 Å². The lowest BCUT2D eigenvalue weighted by Gasteiger charge is -2.12. The molecule has 0 fully saturated rings. The van der Waals surface area contributed by atoms with Crippen molar-refractivity contribution in [1.82, 2.24) is 10.5 Å². The van der Waals surface area contributed by atoms with Crippen LogP contribution in [0, 0.1) is 13.8 Å². The molecular weight excluding hydrogens is 394 g/mol. The van der Waals surface area contributed by atoms with E-state index in [1.54, 1.807) is 56.3 Å². The molecule has 8 nitrogen and oxygen atoms in total. The van der Waals surface area contributed by atoms with Crippen molar-refractivity contribution in [3.05, 3.63) is 71.1 Å². The van der Waals surface area contributed by atoms with E-state index < -0.39 is 15.9 Å². The van der Waals surface area contributed by atoms with Crippen LogP contribution in [0.2, 0.25) is 0 Å². The van der Waals surface area contributed by atoms with Gasteiger partial charge in [-0.15, -0.1) is 0 Å². The molecule has 1 aromatic heterocycles. The molecule has 3 aromatic rings. The van der Waals surface area contributed by atoms with Crippen LogP contribution in [0.3, 0.4) is 0 Å². The number of benzene rings is 2. The van der Waals surface area contributed by atoms with Crippen LogP contribution in [0.1, 0.15) is 27.4 Å². The van der Waals surface area contributed by atoms with E-state index in [-0.39, 0.29) is 17.0 Å². The van der Waals surface area contributed by atoms with E-state index in [2.05, 4.69) is 15.2 Å². The Morgan fingerprint density at radius 3 is 2.45 bits per heavy atom. The standard InChI is InChI=1S/C20H21N3O5S/c1-13-4-5-15(20(24)21-12-18-10-14(2)22-28-18)11-19(13)29(25,26)23-16-6-8-17(27-3)9-7-16/h4-11,23H,12H2,1-3H3,(H,21,24). The number of aromatic nitrogens is 1. The second kappa shape index (κ2) is 8.36. The van der Waals surface area contributed by atoms with E-state index in [1.165, 1.54) is 13.2 Å². The fourth-order valence-corrected chi connectivity index (χ4v) is 4.00. The van der Waals surface area contributed by atoms with Gasteiger partial charge in [-0.25, -0.2) is 8.42 Å². The highest BCUT2D eigenvalue weighted by Gasteiger charge is 2.19. The summed E-state index contributed by atoms with van der Waals surface area (Å²) in [5, 5.41) is 6.44. The Morgan fingerprint density at radius 2 is 1.83 bits per heavy atom. The number of sulfonamides is 1. The fourth-order valence-electron chi connectivity index (χ4n) is 2.67. The summed E-state index contributed by atoms with van der Waals surface area (Å²) in [6, 6.07) is 12.7. The van der Waals surface area contributed by atoms with Crippen molar-refractivity contribution < 1.29 is 22.5 Å². The Morgan fingerprint density at radius 1 is 1.10 bits per heavy atom. The molecule has 0 aliphatic heterocycles. The molecule has 29 heavy (non-hydrogen) atoms. The minimum absolute atomic E-state index is 0.0245. The van der Waals surface area contributed by atoms with Crippen molar-refractivity contribution in [2.45, 2.75) is 25.3 Å². The van der Waals surface area contributed by atoms with Crippen molar-refractivity contribution in [1.29, 1.82) is 0 Å². The number of hydrogen-bond acceptors (Lipinski definition) is 6. The van der Waals surface area contributed by atoms with Gasteiger partial charge in [0, 0.05) is 17.3 Å². The van der Waals surface area contributed by atoms with Gasteiger partial charge in [-0.1, -0.05) is 11.2 Å². The van der Waals surface area contributed by atoms with E-state index >= 15 is 0 Å². The minimum atomic E-state index is -3.88. The molecule has 0 aliphatic rings. The quantitative estimate of drug-likeness (QED) is 0.614. The predicted octanol–water partition coefficient (Wildman–Crippen LogP) is 3.03. The Bertz CT molecular complexity index is 1120. The lowest BCUT2D eigenvalue weighted by atomic mass is 10.1. The summed E-state index contributed by atoms with van der Waals surface area (Å²) in [6.45, 7) is 3.60. The fraction of sp³-hybridized carbons (Fsp3) is 0.200. The average Bonchev–Trinajstić information content (AvgIpc) is 3.12. The maximum atomic E-state index is 12.8. The van der Waals surface area contributed by atoms with E-state index in [9.17, 15) is 13.2 Å². The number of ether oxygens (including phenoxy) is 1. The third-order valence-corrected chi connectivity index (χ3v) is 5.71. The van der Waals surface area contributed by atoms with Crippen LogP contribution < -0.4 is 14.8 Å². The molecule has 0 bridgehead atoms. The highest BCUT2D eigenvalue weighted by Crippen LogP contribution is 2.22. The zero-order valence-electron chi connectivity index (χ0n) is 16.2. The molecular formula is C20H21N3O5S. The number of carbonyl (C=O) groups is 1. The normalized spacial score (nSPS) is 11.1. The predicted molar refractivity (Wildman–Crippen MR) is 107 cm³/mol. The van der Waals surface area contributed by atoms with Crippen molar-refractivity contribution >= 4 is 21.6 Å². The molecule has 0 atom stereocenters. The Labute approximate surface area is 168 Å². The number of nitrogens with one attached hydrogen (secondary N) is 2. The second-order valence-corrected chi connectivity index (χ2v) is 8.08. The lowest BCUT2D eigenvalue weighted by molar-refractivity contribution is 0.0947. The summed E-state index contributed by atoms with van der Waals surface area (Å²) >= 11 is 0. The number of hydrogen-bond donors (Lipinski definition) is 2. The monoisotopic (exact) mass is 415 g/mol. The van der Waals surface area contributed by atoms with E-state index in [4.69, 9.17) is 9.26 Å². The van der Waals surface area contributed by atoms with Gasteiger partial charge in [0.2, 0.25) is 0 Å². The van der Waals surface area contributed by atoms with Crippen molar-refractivity contribution in [3.63, 3.8) is 0 Å². The largest absolute Gasteiger partial charge is 0.497 e. The molecule has 1 amide bonds. The van der Waals surface area contributed by atoms with Gasteiger partial charge < -0.3 is 14.6 Å². The molecule has 2 aromatic carbocycles. The zero-order valence-corrected chi connectivity index (χ0v) is 17.0. The van der Waals surface area contributed by atoms with E-state index in [0.29, 0.717) is 28.5 Å². The molecule has 1 heterocycles. The molecule has 0 aliphatic carbocycles. The summed E-state index contributed by atoms with van der Waals surface area (Å²) in [5.74, 6) is 0.710. The van der Waals surface area contributed by atoms with E-state index in [1.807, 2.05) is 0 Å². The maximum absolute atomic E-state index is 12.8. The van der Waals surface area contributed by atoms with Gasteiger partial charge in [0.1, 0.15) is 5.75 Å². The number of methoxy groups -OCH3 is 1. The van der Waals surface area contributed by atoms with Gasteiger partial charge in [0.25, 0.3) is 15.9 Å². The summed E-state index contributed by atoms with van der Waals surface area (Å²) in [6.07, 6.45) is 0. The first-order valence-corrected chi connectivity index (χ1v) is 10.2. The van der Waals surface area contributed by atoms with Gasteiger partial charge in [-0.2, -0.15) is 0 Å². The highest BCUT2D eigenvalue weighted by atomic mass is 32.2. The van der Waals surface area contributed by atoms with Gasteiger partial charge in [-0.05, 0) is 55.8 Å². The van der Waals surface area contributed by atoms with Crippen LogP contribution in [0.25, 0.3) is 0 Å². The zero-order chi connectivity index (χ0) is 21.0. The molecule has 152 valence electrons. The summed E-state index contributed by atoms with van der Waals surface area (Å²) < 4.78 is 38.3. The second-order valence-electron chi connectivity index (χ2n) is 6.43. The third kappa shape index (κ3) is 4.94. The van der Waals surface area contributed by atoms with Gasteiger partial charge in [-0.3, -0.25) is 9.52 Å². The smallest absolute Gasteiger partial charge is 0.262 e. The lowest BCUT2D eigenvalue weighted by Crippen LogP contribution is -2.23. The van der Waals surface area contributed by atoms with Crippen LogP contribution in [-0.4, -0.2) is 26.6 Å². The number of aryl methyl sites for hydroxylation is 2. The van der Waals surface area contributed by atoms with Crippen LogP contribution in [0.15, 0.2) is 57.9 Å². The first kappa shape index (κ1) is 20.4. The maximum Gasteiger partial charge on any atom is 0.262 e. The molecule has 2 N–H and O–H groups in total. The van der Waals surface area contributed by atoms with Gasteiger partial charge in [0.15, 0.2) is 5.76 Å². The Balaban J connectivity index is 1.78. The molecule has 0 saturated carbocycles. The van der Waals surface area contributed by atoms with Crippen LogP contribution in [-0.2, 0) is 16.6 Å². The van der Waals surface area contributed by atoms with Crippen molar-refractivity contribution in [2.75, 3.05) is 11.8 Å². The molecule has 9 heteroatoms. The van der Waals surface area contributed by atoms with Crippen LogP contribution in [0.4, 0.5) is 5.69 Å². The van der Waals surface area contributed by atoms with Crippen LogP contribution in [0.5, 0.6) is 5.75 Å².